The monoisotopic (exact) mass is 352 g/mol. The van der Waals surface area contributed by atoms with E-state index in [9.17, 15) is 5.26 Å². The lowest BCUT2D eigenvalue weighted by Crippen LogP contribution is -2.23. The number of aromatic amines is 1. The predicted octanol–water partition coefficient (Wildman–Crippen LogP) is 3.71. The first kappa shape index (κ1) is 17.9. The topological polar surface area (TPSA) is 96.9 Å². The molecule has 26 heavy (non-hydrogen) atoms. The van der Waals surface area contributed by atoms with Crippen molar-refractivity contribution >= 4 is 0 Å². The van der Waals surface area contributed by atoms with Crippen LogP contribution in [0.3, 0.4) is 0 Å². The molecule has 1 atom stereocenters. The molecule has 0 saturated carbocycles. The van der Waals surface area contributed by atoms with Crippen molar-refractivity contribution in [2.75, 3.05) is 0 Å². The van der Waals surface area contributed by atoms with Gasteiger partial charge in [0.15, 0.2) is 0 Å². The van der Waals surface area contributed by atoms with Crippen LogP contribution in [0, 0.1) is 11.3 Å². The molecule has 1 aliphatic heterocycles. The molecule has 0 saturated heterocycles. The Morgan fingerprint density at radius 1 is 1.27 bits per heavy atom. The Morgan fingerprint density at radius 3 is 2.46 bits per heavy atom. The lowest BCUT2D eigenvalue weighted by atomic mass is 9.79. The van der Waals surface area contributed by atoms with Crippen molar-refractivity contribution in [1.29, 1.82) is 5.26 Å². The van der Waals surface area contributed by atoms with Crippen molar-refractivity contribution in [3.05, 3.63) is 52.5 Å². The van der Waals surface area contributed by atoms with Crippen LogP contribution in [0.2, 0.25) is 0 Å². The Balaban J connectivity index is 2.13. The Kier molecular flexibility index (Phi) is 4.41. The van der Waals surface area contributed by atoms with Crippen LogP contribution in [-0.2, 0) is 5.41 Å². The Hall–Kier alpha value is -2.94. The van der Waals surface area contributed by atoms with Gasteiger partial charge in [-0.15, -0.1) is 5.10 Å². The number of nitrogens with two attached hydrogens (primary N) is 1. The largest absolute Gasteiger partial charge is 0.491 e. The maximum Gasteiger partial charge on any atom is 0.244 e. The zero-order chi connectivity index (χ0) is 19.1. The molecule has 0 bridgehead atoms. The van der Waals surface area contributed by atoms with E-state index in [1.54, 1.807) is 0 Å². The Morgan fingerprint density at radius 2 is 1.92 bits per heavy atom. The second-order valence-electron chi connectivity index (χ2n) is 7.73. The van der Waals surface area contributed by atoms with E-state index in [0.29, 0.717) is 11.5 Å². The molecule has 1 aromatic carbocycles. The summed E-state index contributed by atoms with van der Waals surface area (Å²) < 4.78 is 11.3. The summed E-state index contributed by atoms with van der Waals surface area (Å²) in [5.74, 6) is 0.984. The number of rotatable bonds is 3. The van der Waals surface area contributed by atoms with Gasteiger partial charge >= 0.3 is 0 Å². The number of aromatic nitrogens is 2. The van der Waals surface area contributed by atoms with E-state index in [1.165, 1.54) is 0 Å². The normalized spacial score (nSPS) is 16.9. The molecule has 2 heterocycles. The third-order valence-corrected chi connectivity index (χ3v) is 4.27. The summed E-state index contributed by atoms with van der Waals surface area (Å²) >= 11 is 0. The van der Waals surface area contributed by atoms with E-state index in [4.69, 9.17) is 15.2 Å². The molecule has 1 aliphatic rings. The molecule has 0 radical (unpaired) electrons. The SMILES string of the molecule is CC(C)Oc1ccc([C@H]2C(C#N)=C(N)Oc3n[nH]c(C(C)(C)C)c32)cc1. The highest BCUT2D eigenvalue weighted by atomic mass is 16.5. The molecule has 0 spiro atoms. The molecule has 3 rings (SSSR count). The molecule has 2 aromatic rings. The van der Waals surface area contributed by atoms with E-state index in [0.717, 1.165) is 22.6 Å². The fourth-order valence-electron chi connectivity index (χ4n) is 3.16. The van der Waals surface area contributed by atoms with E-state index in [-0.39, 0.29) is 23.3 Å². The summed E-state index contributed by atoms with van der Waals surface area (Å²) in [5.41, 5.74) is 8.94. The molecule has 0 unspecified atom stereocenters. The number of allylic oxidation sites excluding steroid dienone is 1. The first-order chi connectivity index (χ1) is 12.2. The van der Waals surface area contributed by atoms with Crippen LogP contribution in [0.25, 0.3) is 0 Å². The van der Waals surface area contributed by atoms with Crippen LogP contribution in [0.5, 0.6) is 11.6 Å². The third-order valence-electron chi connectivity index (χ3n) is 4.27. The zero-order valence-electron chi connectivity index (χ0n) is 15.8. The Bertz CT molecular complexity index is 880. The third kappa shape index (κ3) is 3.13. The van der Waals surface area contributed by atoms with Crippen molar-refractivity contribution in [2.45, 2.75) is 52.1 Å². The van der Waals surface area contributed by atoms with Gasteiger partial charge in [0.2, 0.25) is 11.8 Å². The highest BCUT2D eigenvalue weighted by Gasteiger charge is 2.37. The predicted molar refractivity (Wildman–Crippen MR) is 98.8 cm³/mol. The van der Waals surface area contributed by atoms with E-state index in [1.807, 2.05) is 38.1 Å². The summed E-state index contributed by atoms with van der Waals surface area (Å²) in [6.45, 7) is 10.2. The summed E-state index contributed by atoms with van der Waals surface area (Å²) in [4.78, 5) is 0. The zero-order valence-corrected chi connectivity index (χ0v) is 15.8. The van der Waals surface area contributed by atoms with Crippen molar-refractivity contribution in [2.24, 2.45) is 5.73 Å². The van der Waals surface area contributed by atoms with Crippen molar-refractivity contribution < 1.29 is 9.47 Å². The van der Waals surface area contributed by atoms with Gasteiger partial charge in [0.25, 0.3) is 0 Å². The Labute approximate surface area is 153 Å². The maximum atomic E-state index is 9.70. The van der Waals surface area contributed by atoms with Crippen LogP contribution < -0.4 is 15.2 Å². The molecule has 0 fully saturated rings. The van der Waals surface area contributed by atoms with Crippen LogP contribution in [0.1, 0.15) is 57.4 Å². The van der Waals surface area contributed by atoms with Gasteiger partial charge in [-0.1, -0.05) is 32.9 Å². The average Bonchev–Trinajstić information content (AvgIpc) is 2.97. The van der Waals surface area contributed by atoms with E-state index < -0.39 is 0 Å². The van der Waals surface area contributed by atoms with Crippen LogP contribution >= 0.6 is 0 Å². The number of nitriles is 1. The quantitative estimate of drug-likeness (QED) is 0.877. The first-order valence-electron chi connectivity index (χ1n) is 8.65. The minimum atomic E-state index is -0.329. The second-order valence-corrected chi connectivity index (χ2v) is 7.73. The van der Waals surface area contributed by atoms with Crippen molar-refractivity contribution in [1.82, 2.24) is 10.2 Å². The highest BCUT2D eigenvalue weighted by molar-refractivity contribution is 5.56. The number of nitrogens with zero attached hydrogens (tertiary/aromatic N) is 2. The molecule has 3 N–H and O–H groups in total. The molecule has 6 heteroatoms. The van der Waals surface area contributed by atoms with Gasteiger partial charge in [-0.2, -0.15) is 5.26 Å². The van der Waals surface area contributed by atoms with Crippen molar-refractivity contribution in [3.63, 3.8) is 0 Å². The summed E-state index contributed by atoms with van der Waals surface area (Å²) in [5, 5.41) is 17.0. The van der Waals surface area contributed by atoms with Crippen LogP contribution in [-0.4, -0.2) is 16.3 Å². The van der Waals surface area contributed by atoms with Crippen molar-refractivity contribution in [3.8, 4) is 17.7 Å². The molecule has 136 valence electrons. The smallest absolute Gasteiger partial charge is 0.244 e. The first-order valence-corrected chi connectivity index (χ1v) is 8.65. The summed E-state index contributed by atoms with van der Waals surface area (Å²) in [6, 6.07) is 9.95. The molecule has 0 amide bonds. The molecule has 0 aliphatic carbocycles. The maximum absolute atomic E-state index is 9.70. The van der Waals surface area contributed by atoms with Crippen LogP contribution in [0.15, 0.2) is 35.7 Å². The van der Waals surface area contributed by atoms with Gasteiger partial charge in [0.05, 0.1) is 17.6 Å². The number of fused-ring (bicyclic) bond motifs is 1. The second kappa shape index (κ2) is 6.41. The van der Waals surface area contributed by atoms with E-state index in [2.05, 4.69) is 37.0 Å². The fraction of sp³-hybridized carbons (Fsp3) is 0.400. The van der Waals surface area contributed by atoms with E-state index >= 15 is 0 Å². The van der Waals surface area contributed by atoms with Gasteiger partial charge < -0.3 is 15.2 Å². The number of hydrogen-bond acceptors (Lipinski definition) is 5. The van der Waals surface area contributed by atoms with Gasteiger partial charge in [0.1, 0.15) is 17.4 Å². The van der Waals surface area contributed by atoms with Gasteiger partial charge in [-0.05, 0) is 31.5 Å². The molecular formula is C20H24N4O2. The summed E-state index contributed by atoms with van der Waals surface area (Å²) in [6.07, 6.45) is 0.0992. The average molecular weight is 352 g/mol. The molecule has 1 aromatic heterocycles. The van der Waals surface area contributed by atoms with Gasteiger partial charge in [0, 0.05) is 11.1 Å². The highest BCUT2D eigenvalue weighted by Crippen LogP contribution is 2.45. The minimum absolute atomic E-state index is 0.0967. The number of H-pyrrole nitrogens is 1. The standard InChI is InChI=1S/C20H24N4O2/c1-11(2)25-13-8-6-12(7-9-13)15-14(10-21)18(22)26-19-16(15)17(23-24-19)20(3,4)5/h6-9,11,15H,22H2,1-5H3,(H,23,24)/t15-/m0/s1. The van der Waals surface area contributed by atoms with Gasteiger partial charge in [-0.25, -0.2) is 0 Å². The number of hydrogen-bond donors (Lipinski definition) is 2. The molecule has 6 nitrogen and oxygen atoms in total. The van der Waals surface area contributed by atoms with Gasteiger partial charge in [-0.3, -0.25) is 5.10 Å². The fourth-order valence-corrected chi connectivity index (χ4v) is 3.16. The number of ether oxygens (including phenoxy) is 2. The molecular weight excluding hydrogens is 328 g/mol. The number of nitrogens with one attached hydrogen (secondary N) is 1. The lowest BCUT2D eigenvalue weighted by molar-refractivity contribution is 0.242. The summed E-state index contributed by atoms with van der Waals surface area (Å²) in [7, 11) is 0. The van der Waals surface area contributed by atoms with Crippen LogP contribution in [0.4, 0.5) is 0 Å². The minimum Gasteiger partial charge on any atom is -0.491 e. The lowest BCUT2D eigenvalue weighted by Gasteiger charge is -2.27. The number of benzene rings is 1.